The summed E-state index contributed by atoms with van der Waals surface area (Å²) in [6.07, 6.45) is 2.53. The van der Waals surface area contributed by atoms with E-state index in [0.29, 0.717) is 17.2 Å². The Morgan fingerprint density at radius 1 is 1.44 bits per heavy atom. The van der Waals surface area contributed by atoms with Crippen molar-refractivity contribution in [1.82, 2.24) is 0 Å². The van der Waals surface area contributed by atoms with E-state index in [-0.39, 0.29) is 5.12 Å². The third kappa shape index (κ3) is 2.27. The van der Waals surface area contributed by atoms with Crippen LogP contribution in [0.25, 0.3) is 0 Å². The summed E-state index contributed by atoms with van der Waals surface area (Å²) in [5, 5.41) is 4.66. The first-order chi connectivity index (χ1) is 8.56. The van der Waals surface area contributed by atoms with Crippen LogP contribution in [0, 0.1) is 13.8 Å². The molecule has 0 aromatic heterocycles. The van der Waals surface area contributed by atoms with E-state index in [1.54, 1.807) is 12.3 Å². The zero-order valence-electron chi connectivity index (χ0n) is 10.5. The fourth-order valence-corrected chi connectivity index (χ4v) is 2.75. The van der Waals surface area contributed by atoms with E-state index in [4.69, 9.17) is 16.4 Å². The number of carbonyl (C=O) groups is 1. The van der Waals surface area contributed by atoms with Gasteiger partial charge in [-0.05, 0) is 37.3 Å². The van der Waals surface area contributed by atoms with Crippen LogP contribution in [-0.4, -0.2) is 23.7 Å². The summed E-state index contributed by atoms with van der Waals surface area (Å²) in [5.41, 5.74) is 4.37. The lowest BCUT2D eigenvalue weighted by atomic mass is 9.93. The molecule has 0 saturated heterocycles. The number of oxime groups is 1. The highest BCUT2D eigenvalue weighted by atomic mass is 35.5. The Balaban J connectivity index is 2.64. The second-order valence-electron chi connectivity index (χ2n) is 4.14. The molecule has 5 heteroatoms. The molecule has 0 saturated carbocycles. The van der Waals surface area contributed by atoms with Gasteiger partial charge in [0.1, 0.15) is 6.61 Å². The number of benzene rings is 1. The average Bonchev–Trinajstić information content (AvgIpc) is 2.87. The van der Waals surface area contributed by atoms with Gasteiger partial charge < -0.3 is 4.84 Å². The van der Waals surface area contributed by atoms with E-state index >= 15 is 0 Å². The number of nitrogens with zero attached hydrogens (tertiary/aromatic N) is 1. The summed E-state index contributed by atoms with van der Waals surface area (Å²) in [6.45, 7) is 4.47. The molecule has 0 radical (unpaired) electrons. The van der Waals surface area contributed by atoms with Gasteiger partial charge in [-0.15, -0.1) is 0 Å². The van der Waals surface area contributed by atoms with Gasteiger partial charge in [0, 0.05) is 22.6 Å². The molecule has 0 spiro atoms. The van der Waals surface area contributed by atoms with Crippen molar-refractivity contribution in [3.63, 3.8) is 0 Å². The fourth-order valence-electron chi connectivity index (χ4n) is 2.12. The Morgan fingerprint density at radius 3 is 2.72 bits per heavy atom. The van der Waals surface area contributed by atoms with Crippen molar-refractivity contribution in [2.45, 2.75) is 20.3 Å². The summed E-state index contributed by atoms with van der Waals surface area (Å²) in [5.74, 6) is 0. The molecule has 96 valence electrons. The lowest BCUT2D eigenvalue weighted by Crippen LogP contribution is -2.09. The van der Waals surface area contributed by atoms with Crippen LogP contribution >= 0.6 is 23.4 Å². The maximum absolute atomic E-state index is 11.9. The van der Waals surface area contributed by atoms with Crippen molar-refractivity contribution in [3.8, 4) is 0 Å². The second-order valence-corrected chi connectivity index (χ2v) is 5.33. The Morgan fingerprint density at radius 2 is 2.17 bits per heavy atom. The van der Waals surface area contributed by atoms with Crippen molar-refractivity contribution >= 4 is 34.2 Å². The zero-order valence-corrected chi connectivity index (χ0v) is 12.1. The Hall–Kier alpha value is -1.00. The van der Waals surface area contributed by atoms with Crippen LogP contribution < -0.4 is 0 Å². The van der Waals surface area contributed by atoms with Gasteiger partial charge in [0.25, 0.3) is 0 Å². The fraction of sp³-hybridized carbons (Fsp3) is 0.385. The van der Waals surface area contributed by atoms with Crippen LogP contribution in [0.2, 0.25) is 5.02 Å². The first kappa shape index (κ1) is 13.4. The smallest absolute Gasteiger partial charge is 0.219 e. The molecule has 0 unspecified atom stereocenters. The van der Waals surface area contributed by atoms with Crippen molar-refractivity contribution in [2.75, 3.05) is 12.9 Å². The van der Waals surface area contributed by atoms with Crippen molar-refractivity contribution in [2.24, 2.45) is 5.16 Å². The molecule has 2 rings (SSSR count). The third-order valence-electron chi connectivity index (χ3n) is 3.08. The van der Waals surface area contributed by atoms with E-state index in [9.17, 15) is 4.79 Å². The van der Waals surface area contributed by atoms with Gasteiger partial charge in [0.15, 0.2) is 0 Å². The molecule has 0 fully saturated rings. The second kappa shape index (κ2) is 5.33. The molecule has 0 N–H and O–H groups in total. The number of carbonyl (C=O) groups excluding carboxylic acids is 1. The standard InChI is InChI=1S/C13H14ClNO2S/c1-7-9(13(16)18-3)6-10(14)8(2)12(7)11-4-5-17-15-11/h6H,4-5H2,1-3H3. The number of hydrogen-bond acceptors (Lipinski definition) is 4. The number of rotatable bonds is 2. The quantitative estimate of drug-likeness (QED) is 0.833. The van der Waals surface area contributed by atoms with Crippen LogP contribution in [0.15, 0.2) is 11.2 Å². The Kier molecular flexibility index (Phi) is 3.97. The number of hydrogen-bond donors (Lipinski definition) is 0. The molecule has 1 heterocycles. The van der Waals surface area contributed by atoms with Crippen LogP contribution in [0.3, 0.4) is 0 Å². The summed E-state index contributed by atoms with van der Waals surface area (Å²) in [6, 6.07) is 1.74. The van der Waals surface area contributed by atoms with E-state index in [1.165, 1.54) is 11.8 Å². The summed E-state index contributed by atoms with van der Waals surface area (Å²) < 4.78 is 0. The van der Waals surface area contributed by atoms with Gasteiger partial charge in [0.2, 0.25) is 5.12 Å². The largest absolute Gasteiger partial charge is 0.395 e. The minimum atomic E-state index is 0.0233. The summed E-state index contributed by atoms with van der Waals surface area (Å²) >= 11 is 7.40. The van der Waals surface area contributed by atoms with Crippen LogP contribution in [0.4, 0.5) is 0 Å². The van der Waals surface area contributed by atoms with E-state index in [0.717, 1.165) is 28.8 Å². The van der Waals surface area contributed by atoms with Gasteiger partial charge in [-0.25, -0.2) is 0 Å². The maximum Gasteiger partial charge on any atom is 0.219 e. The SMILES string of the molecule is CSC(=O)c1cc(Cl)c(C)c(C2=NOCC2)c1C. The van der Waals surface area contributed by atoms with Crippen molar-refractivity contribution < 1.29 is 9.63 Å². The molecule has 0 bridgehead atoms. The average molecular weight is 284 g/mol. The Bertz CT molecular complexity index is 540. The predicted octanol–water partition coefficient (Wildman–Crippen LogP) is 3.58. The molecule has 1 aliphatic heterocycles. The van der Waals surface area contributed by atoms with Gasteiger partial charge in [-0.3, -0.25) is 4.79 Å². The van der Waals surface area contributed by atoms with Gasteiger partial charge in [-0.1, -0.05) is 28.5 Å². The third-order valence-corrected chi connectivity index (χ3v) is 4.07. The lowest BCUT2D eigenvalue weighted by Gasteiger charge is -2.14. The minimum absolute atomic E-state index is 0.0233. The molecule has 18 heavy (non-hydrogen) atoms. The van der Waals surface area contributed by atoms with Crippen molar-refractivity contribution in [1.29, 1.82) is 0 Å². The van der Waals surface area contributed by atoms with Crippen LogP contribution in [-0.2, 0) is 4.84 Å². The summed E-state index contributed by atoms with van der Waals surface area (Å²) in [4.78, 5) is 16.9. The predicted molar refractivity (Wildman–Crippen MR) is 75.9 cm³/mol. The van der Waals surface area contributed by atoms with E-state index in [2.05, 4.69) is 5.16 Å². The highest BCUT2D eigenvalue weighted by molar-refractivity contribution is 8.13. The number of thioether (sulfide) groups is 1. The highest BCUT2D eigenvalue weighted by Gasteiger charge is 2.21. The molecule has 0 atom stereocenters. The molecular formula is C13H14ClNO2S. The monoisotopic (exact) mass is 283 g/mol. The first-order valence-corrected chi connectivity index (χ1v) is 7.23. The zero-order chi connectivity index (χ0) is 13.3. The topological polar surface area (TPSA) is 38.7 Å². The normalized spacial score (nSPS) is 14.3. The van der Waals surface area contributed by atoms with E-state index < -0.39 is 0 Å². The lowest BCUT2D eigenvalue weighted by molar-refractivity contribution is 0.108. The molecular weight excluding hydrogens is 270 g/mol. The minimum Gasteiger partial charge on any atom is -0.395 e. The molecule has 0 aliphatic carbocycles. The van der Waals surface area contributed by atoms with Crippen LogP contribution in [0.5, 0.6) is 0 Å². The van der Waals surface area contributed by atoms with Gasteiger partial charge in [0.05, 0.1) is 5.71 Å². The molecule has 0 amide bonds. The van der Waals surface area contributed by atoms with Crippen molar-refractivity contribution in [3.05, 3.63) is 33.3 Å². The molecule has 1 aliphatic rings. The van der Waals surface area contributed by atoms with E-state index in [1.807, 2.05) is 13.8 Å². The number of halogens is 1. The highest BCUT2D eigenvalue weighted by Crippen LogP contribution is 2.30. The molecule has 1 aromatic carbocycles. The first-order valence-electron chi connectivity index (χ1n) is 5.63. The van der Waals surface area contributed by atoms with Gasteiger partial charge >= 0.3 is 0 Å². The van der Waals surface area contributed by atoms with Gasteiger partial charge in [-0.2, -0.15) is 0 Å². The summed E-state index contributed by atoms with van der Waals surface area (Å²) in [7, 11) is 0. The maximum atomic E-state index is 11.9. The molecule has 3 nitrogen and oxygen atoms in total. The Labute approximate surface area is 116 Å². The van der Waals surface area contributed by atoms with Crippen LogP contribution in [0.1, 0.15) is 33.5 Å². The molecule has 1 aromatic rings.